The molecule has 0 heterocycles. The van der Waals surface area contributed by atoms with Crippen LogP contribution in [0.4, 0.5) is 0 Å². The molecular formula is C14H22N2O3. The maximum atomic E-state index is 8.69. The predicted molar refractivity (Wildman–Crippen MR) is 75.1 cm³/mol. The molecule has 0 atom stereocenters. The second kappa shape index (κ2) is 7.51. The molecule has 0 bridgehead atoms. The van der Waals surface area contributed by atoms with Crippen LogP contribution in [0.3, 0.4) is 0 Å². The van der Waals surface area contributed by atoms with E-state index in [4.69, 9.17) is 20.4 Å². The average Bonchev–Trinajstić information content (AvgIpc) is 2.45. The third-order valence-corrected chi connectivity index (χ3v) is 2.85. The second-order valence-corrected chi connectivity index (χ2v) is 4.14. The molecule has 0 radical (unpaired) electrons. The van der Waals surface area contributed by atoms with Crippen LogP contribution in [0.25, 0.3) is 0 Å². The lowest BCUT2D eigenvalue weighted by molar-refractivity contribution is 0.182. The zero-order chi connectivity index (χ0) is 14.3. The summed E-state index contributed by atoms with van der Waals surface area (Å²) in [5.74, 6) is 1.35. The Morgan fingerprint density at radius 2 is 1.95 bits per heavy atom. The number of ether oxygens (including phenoxy) is 2. The normalized spacial score (nSPS) is 11.7. The third kappa shape index (κ3) is 4.05. The molecule has 5 nitrogen and oxygen atoms in total. The van der Waals surface area contributed by atoms with Gasteiger partial charge in [-0.25, -0.2) is 0 Å². The summed E-state index contributed by atoms with van der Waals surface area (Å²) in [6, 6.07) is 5.25. The Balaban J connectivity index is 3.03. The number of benzene rings is 1. The standard InChI is InChI=1S/C14H22N2O3/c1-4-11(5-2)19-12-8-7-10(14(15)16-17)9-13(12)18-6-3/h7-9,11,17H,4-6H2,1-3H3,(H2,15,16). The Hall–Kier alpha value is -1.91. The molecule has 0 aliphatic rings. The topological polar surface area (TPSA) is 77.1 Å². The summed E-state index contributed by atoms with van der Waals surface area (Å²) in [5.41, 5.74) is 6.17. The molecule has 0 aliphatic heterocycles. The predicted octanol–water partition coefficient (Wildman–Crippen LogP) is 2.75. The van der Waals surface area contributed by atoms with Crippen LogP contribution in [0.2, 0.25) is 0 Å². The van der Waals surface area contributed by atoms with Gasteiger partial charge in [0.05, 0.1) is 12.7 Å². The van der Waals surface area contributed by atoms with Crippen molar-refractivity contribution in [3.05, 3.63) is 23.8 Å². The van der Waals surface area contributed by atoms with E-state index in [-0.39, 0.29) is 11.9 Å². The Morgan fingerprint density at radius 1 is 1.26 bits per heavy atom. The minimum atomic E-state index is 0.0510. The van der Waals surface area contributed by atoms with Gasteiger partial charge in [0.1, 0.15) is 0 Å². The summed E-state index contributed by atoms with van der Waals surface area (Å²) in [7, 11) is 0. The molecule has 1 aromatic carbocycles. The van der Waals surface area contributed by atoms with Crippen molar-refractivity contribution in [3.8, 4) is 11.5 Å². The number of rotatable bonds is 7. The first-order chi connectivity index (χ1) is 9.15. The van der Waals surface area contributed by atoms with Crippen LogP contribution in [0, 0.1) is 0 Å². The molecular weight excluding hydrogens is 244 g/mol. The average molecular weight is 266 g/mol. The summed E-state index contributed by atoms with van der Waals surface area (Å²) in [6.45, 7) is 6.59. The van der Waals surface area contributed by atoms with Crippen LogP contribution in [-0.2, 0) is 0 Å². The molecule has 106 valence electrons. The third-order valence-electron chi connectivity index (χ3n) is 2.85. The molecule has 3 N–H and O–H groups in total. The first kappa shape index (κ1) is 15.1. The van der Waals surface area contributed by atoms with Crippen molar-refractivity contribution >= 4 is 5.84 Å². The Labute approximate surface area is 114 Å². The highest BCUT2D eigenvalue weighted by Crippen LogP contribution is 2.30. The summed E-state index contributed by atoms with van der Waals surface area (Å²) >= 11 is 0. The van der Waals surface area contributed by atoms with E-state index >= 15 is 0 Å². The van der Waals surface area contributed by atoms with Gasteiger partial charge in [0.2, 0.25) is 0 Å². The minimum Gasteiger partial charge on any atom is -0.490 e. The van der Waals surface area contributed by atoms with Gasteiger partial charge in [-0.1, -0.05) is 19.0 Å². The molecule has 0 aliphatic carbocycles. The van der Waals surface area contributed by atoms with Crippen molar-refractivity contribution in [2.75, 3.05) is 6.61 Å². The number of amidine groups is 1. The number of nitrogens with zero attached hydrogens (tertiary/aromatic N) is 1. The van der Waals surface area contributed by atoms with E-state index in [0.29, 0.717) is 23.7 Å². The molecule has 0 aromatic heterocycles. The lowest BCUT2D eigenvalue weighted by atomic mass is 10.1. The van der Waals surface area contributed by atoms with Crippen molar-refractivity contribution < 1.29 is 14.7 Å². The molecule has 5 heteroatoms. The quantitative estimate of drug-likeness (QED) is 0.344. The molecule has 0 unspecified atom stereocenters. The van der Waals surface area contributed by atoms with Gasteiger partial charge in [-0.3, -0.25) is 0 Å². The van der Waals surface area contributed by atoms with Crippen LogP contribution in [-0.4, -0.2) is 23.8 Å². The summed E-state index contributed by atoms with van der Waals surface area (Å²) < 4.78 is 11.4. The van der Waals surface area contributed by atoms with E-state index < -0.39 is 0 Å². The van der Waals surface area contributed by atoms with Crippen molar-refractivity contribution in [3.63, 3.8) is 0 Å². The molecule has 19 heavy (non-hydrogen) atoms. The molecule has 1 rings (SSSR count). The van der Waals surface area contributed by atoms with E-state index in [9.17, 15) is 0 Å². The van der Waals surface area contributed by atoms with Crippen LogP contribution >= 0.6 is 0 Å². The van der Waals surface area contributed by atoms with Gasteiger partial charge < -0.3 is 20.4 Å². The van der Waals surface area contributed by atoms with E-state index in [1.54, 1.807) is 18.2 Å². The highest BCUT2D eigenvalue weighted by atomic mass is 16.5. The van der Waals surface area contributed by atoms with Crippen molar-refractivity contribution in [1.29, 1.82) is 0 Å². The summed E-state index contributed by atoms with van der Waals surface area (Å²) in [5, 5.41) is 11.7. The zero-order valence-electron chi connectivity index (χ0n) is 11.7. The fourth-order valence-electron chi connectivity index (χ4n) is 1.73. The van der Waals surface area contributed by atoms with Crippen LogP contribution in [0.15, 0.2) is 23.4 Å². The van der Waals surface area contributed by atoms with E-state index in [1.165, 1.54) is 0 Å². The molecule has 1 aromatic rings. The van der Waals surface area contributed by atoms with Gasteiger partial charge in [0.25, 0.3) is 0 Å². The van der Waals surface area contributed by atoms with E-state index in [0.717, 1.165) is 12.8 Å². The summed E-state index contributed by atoms with van der Waals surface area (Å²) in [6.07, 6.45) is 2.03. The zero-order valence-corrected chi connectivity index (χ0v) is 11.7. The first-order valence-electron chi connectivity index (χ1n) is 6.57. The van der Waals surface area contributed by atoms with Crippen molar-refractivity contribution in [1.82, 2.24) is 0 Å². The smallest absolute Gasteiger partial charge is 0.170 e. The number of hydrogen-bond acceptors (Lipinski definition) is 4. The maximum Gasteiger partial charge on any atom is 0.170 e. The molecule has 0 amide bonds. The Morgan fingerprint density at radius 3 is 2.47 bits per heavy atom. The Kier molecular flexibility index (Phi) is 5.99. The molecule has 0 saturated carbocycles. The lowest BCUT2D eigenvalue weighted by Gasteiger charge is -2.18. The maximum absolute atomic E-state index is 8.69. The van der Waals surface area contributed by atoms with Gasteiger partial charge in [0, 0.05) is 5.56 Å². The largest absolute Gasteiger partial charge is 0.490 e. The first-order valence-corrected chi connectivity index (χ1v) is 6.57. The van der Waals surface area contributed by atoms with Gasteiger partial charge in [-0.2, -0.15) is 0 Å². The van der Waals surface area contributed by atoms with E-state index in [1.807, 2.05) is 6.92 Å². The lowest BCUT2D eigenvalue weighted by Crippen LogP contribution is -2.16. The highest BCUT2D eigenvalue weighted by molar-refractivity contribution is 5.97. The minimum absolute atomic E-state index is 0.0510. The fraction of sp³-hybridized carbons (Fsp3) is 0.500. The van der Waals surface area contributed by atoms with Crippen LogP contribution in [0.1, 0.15) is 39.2 Å². The fourth-order valence-corrected chi connectivity index (χ4v) is 1.73. The van der Waals surface area contributed by atoms with Gasteiger partial charge in [0.15, 0.2) is 17.3 Å². The SMILES string of the molecule is CCOc1cc(C(N)=NO)ccc1OC(CC)CC. The van der Waals surface area contributed by atoms with Crippen molar-refractivity contribution in [2.45, 2.75) is 39.7 Å². The second-order valence-electron chi connectivity index (χ2n) is 4.14. The highest BCUT2D eigenvalue weighted by Gasteiger charge is 2.12. The number of hydrogen-bond donors (Lipinski definition) is 2. The molecule has 0 saturated heterocycles. The van der Waals surface area contributed by atoms with Crippen LogP contribution < -0.4 is 15.2 Å². The Bertz CT molecular complexity index is 429. The van der Waals surface area contributed by atoms with E-state index in [2.05, 4.69) is 19.0 Å². The van der Waals surface area contributed by atoms with Crippen LogP contribution in [0.5, 0.6) is 11.5 Å². The number of oxime groups is 1. The number of nitrogens with two attached hydrogens (primary N) is 1. The van der Waals surface area contributed by atoms with Gasteiger partial charge in [-0.05, 0) is 38.0 Å². The molecule has 0 spiro atoms. The monoisotopic (exact) mass is 266 g/mol. The van der Waals surface area contributed by atoms with Crippen molar-refractivity contribution in [2.24, 2.45) is 10.9 Å². The van der Waals surface area contributed by atoms with Gasteiger partial charge in [-0.15, -0.1) is 0 Å². The summed E-state index contributed by atoms with van der Waals surface area (Å²) in [4.78, 5) is 0. The van der Waals surface area contributed by atoms with Gasteiger partial charge >= 0.3 is 0 Å². The molecule has 0 fully saturated rings.